The number of hydrogen-bond acceptors (Lipinski definition) is 5. The van der Waals surface area contributed by atoms with Gasteiger partial charge in [-0.1, -0.05) is 29.3 Å². The Morgan fingerprint density at radius 2 is 2.10 bits per heavy atom. The van der Waals surface area contributed by atoms with Crippen molar-refractivity contribution in [3.05, 3.63) is 55.9 Å². The van der Waals surface area contributed by atoms with Gasteiger partial charge in [-0.25, -0.2) is 4.79 Å². The lowest BCUT2D eigenvalue weighted by molar-refractivity contribution is -0.111. The van der Waals surface area contributed by atoms with Crippen LogP contribution >= 0.6 is 34.5 Å². The van der Waals surface area contributed by atoms with Crippen molar-refractivity contribution in [3.8, 4) is 6.07 Å². The molecule has 2 heterocycles. The number of carbonyl (C=O) groups is 2. The van der Waals surface area contributed by atoms with Crippen molar-refractivity contribution in [2.45, 2.75) is 19.9 Å². The summed E-state index contributed by atoms with van der Waals surface area (Å²) in [6.45, 7) is 2.88. The number of thiophene rings is 1. The predicted octanol–water partition coefficient (Wildman–Crippen LogP) is 5.09. The highest BCUT2D eigenvalue weighted by Crippen LogP contribution is 2.37. The molecule has 0 saturated heterocycles. The van der Waals surface area contributed by atoms with Gasteiger partial charge in [-0.3, -0.25) is 4.79 Å². The van der Waals surface area contributed by atoms with Crippen molar-refractivity contribution in [2.75, 3.05) is 18.5 Å². The molecular weight excluding hydrogens is 433 g/mol. The molecule has 2 amide bonds. The van der Waals surface area contributed by atoms with Gasteiger partial charge >= 0.3 is 6.09 Å². The Morgan fingerprint density at radius 1 is 1.38 bits per heavy atom. The standard InChI is InChI=1S/C20H17Cl2N3O3S/c1-2-28-20(27)25-9-8-12-14(10-23)19(29-17(12)11-25)24-18(26)7-6-13-15(21)4-3-5-16(13)22/h3-7H,2,8-9,11H2,1H3,(H,24,26). The first-order valence-corrected chi connectivity index (χ1v) is 10.4. The molecule has 0 fully saturated rings. The fourth-order valence-electron chi connectivity index (χ4n) is 2.96. The van der Waals surface area contributed by atoms with Crippen LogP contribution in [0.3, 0.4) is 0 Å². The summed E-state index contributed by atoms with van der Waals surface area (Å²) in [5, 5.41) is 13.6. The number of carbonyl (C=O) groups excluding carboxylic acids is 2. The highest BCUT2D eigenvalue weighted by molar-refractivity contribution is 7.16. The van der Waals surface area contributed by atoms with E-state index in [1.165, 1.54) is 23.5 Å². The second kappa shape index (κ2) is 9.31. The van der Waals surface area contributed by atoms with Gasteiger partial charge < -0.3 is 15.0 Å². The zero-order chi connectivity index (χ0) is 21.0. The third-order valence-corrected chi connectivity index (χ3v) is 6.12. The van der Waals surface area contributed by atoms with E-state index in [-0.39, 0.29) is 6.09 Å². The summed E-state index contributed by atoms with van der Waals surface area (Å²) in [5.74, 6) is -0.404. The molecule has 9 heteroatoms. The van der Waals surface area contributed by atoms with Crippen molar-refractivity contribution < 1.29 is 14.3 Å². The molecule has 150 valence electrons. The molecule has 0 atom stereocenters. The highest BCUT2D eigenvalue weighted by Gasteiger charge is 2.27. The van der Waals surface area contributed by atoms with E-state index in [0.717, 1.165) is 10.4 Å². The lowest BCUT2D eigenvalue weighted by Crippen LogP contribution is -2.35. The number of nitrogens with one attached hydrogen (secondary N) is 1. The highest BCUT2D eigenvalue weighted by atomic mass is 35.5. The lowest BCUT2D eigenvalue weighted by atomic mass is 10.0. The first kappa shape index (κ1) is 21.2. The number of anilines is 1. The molecule has 0 radical (unpaired) electrons. The lowest BCUT2D eigenvalue weighted by Gasteiger charge is -2.25. The van der Waals surface area contributed by atoms with Gasteiger partial charge in [0.05, 0.1) is 18.7 Å². The minimum Gasteiger partial charge on any atom is -0.450 e. The van der Waals surface area contributed by atoms with E-state index < -0.39 is 5.91 Å². The fraction of sp³-hybridized carbons (Fsp3) is 0.250. The van der Waals surface area contributed by atoms with Crippen LogP contribution < -0.4 is 5.32 Å². The summed E-state index contributed by atoms with van der Waals surface area (Å²) in [4.78, 5) is 26.8. The maximum absolute atomic E-state index is 12.4. The van der Waals surface area contributed by atoms with Gasteiger partial charge in [0, 0.05) is 33.1 Å². The zero-order valence-corrected chi connectivity index (χ0v) is 17.8. The second-order valence-corrected chi connectivity index (χ2v) is 8.07. The first-order valence-electron chi connectivity index (χ1n) is 8.84. The minimum absolute atomic E-state index is 0.305. The van der Waals surface area contributed by atoms with Crippen LogP contribution in [0.25, 0.3) is 6.08 Å². The van der Waals surface area contributed by atoms with E-state index in [4.69, 9.17) is 27.9 Å². The molecule has 3 rings (SSSR count). The molecule has 2 aromatic rings. The monoisotopic (exact) mass is 449 g/mol. The average Bonchev–Trinajstić information content (AvgIpc) is 3.03. The molecule has 0 spiro atoms. The summed E-state index contributed by atoms with van der Waals surface area (Å²) in [7, 11) is 0. The Balaban J connectivity index is 1.77. The third-order valence-electron chi connectivity index (χ3n) is 4.33. The van der Waals surface area contributed by atoms with Crippen LogP contribution in [-0.2, 0) is 22.5 Å². The molecule has 1 aliphatic heterocycles. The molecule has 1 aromatic heterocycles. The number of nitriles is 1. The van der Waals surface area contributed by atoms with Gasteiger partial charge in [0.25, 0.3) is 0 Å². The normalized spacial score (nSPS) is 13.1. The predicted molar refractivity (Wildman–Crippen MR) is 114 cm³/mol. The smallest absolute Gasteiger partial charge is 0.410 e. The number of hydrogen-bond donors (Lipinski definition) is 1. The van der Waals surface area contributed by atoms with E-state index >= 15 is 0 Å². The van der Waals surface area contributed by atoms with Crippen molar-refractivity contribution in [2.24, 2.45) is 0 Å². The largest absolute Gasteiger partial charge is 0.450 e. The van der Waals surface area contributed by atoms with Gasteiger partial charge in [0.1, 0.15) is 11.1 Å². The van der Waals surface area contributed by atoms with Crippen LogP contribution in [0.1, 0.15) is 28.5 Å². The second-order valence-electron chi connectivity index (χ2n) is 6.15. The van der Waals surface area contributed by atoms with Gasteiger partial charge in [0.15, 0.2) is 0 Å². The number of benzene rings is 1. The molecule has 29 heavy (non-hydrogen) atoms. The van der Waals surface area contributed by atoms with Crippen LogP contribution in [0.2, 0.25) is 10.0 Å². The Bertz CT molecular complexity index is 1010. The maximum atomic E-state index is 12.4. The van der Waals surface area contributed by atoms with E-state index in [0.29, 0.717) is 52.3 Å². The SMILES string of the molecule is CCOC(=O)N1CCc2c(sc(NC(=O)C=Cc3c(Cl)cccc3Cl)c2C#N)C1. The summed E-state index contributed by atoms with van der Waals surface area (Å²) in [6.07, 6.45) is 3.00. The minimum atomic E-state index is -0.404. The summed E-state index contributed by atoms with van der Waals surface area (Å²) in [6, 6.07) is 7.25. The Hall–Kier alpha value is -2.53. The van der Waals surface area contributed by atoms with E-state index in [1.807, 2.05) is 0 Å². The number of amides is 2. The number of halogens is 2. The molecule has 0 saturated carbocycles. The number of nitrogens with zero attached hydrogens (tertiary/aromatic N) is 2. The van der Waals surface area contributed by atoms with E-state index in [1.54, 1.807) is 30.0 Å². The van der Waals surface area contributed by atoms with Crippen molar-refractivity contribution in [3.63, 3.8) is 0 Å². The number of fused-ring (bicyclic) bond motifs is 1. The quantitative estimate of drug-likeness (QED) is 0.658. The molecule has 1 aliphatic rings. The summed E-state index contributed by atoms with van der Waals surface area (Å²) < 4.78 is 5.04. The van der Waals surface area contributed by atoms with Crippen LogP contribution in [0, 0.1) is 11.3 Å². The van der Waals surface area contributed by atoms with Crippen LogP contribution in [0.15, 0.2) is 24.3 Å². The molecule has 6 nitrogen and oxygen atoms in total. The van der Waals surface area contributed by atoms with Crippen molar-refractivity contribution in [1.29, 1.82) is 5.26 Å². The van der Waals surface area contributed by atoms with Crippen molar-refractivity contribution in [1.82, 2.24) is 4.90 Å². The molecule has 0 bridgehead atoms. The number of ether oxygens (including phenoxy) is 1. The Labute approximate surface area is 182 Å². The average molecular weight is 450 g/mol. The van der Waals surface area contributed by atoms with Crippen LogP contribution in [0.4, 0.5) is 9.80 Å². The molecule has 1 aromatic carbocycles. The Kier molecular flexibility index (Phi) is 6.80. The first-order chi connectivity index (χ1) is 13.9. The fourth-order valence-corrected chi connectivity index (χ4v) is 4.70. The van der Waals surface area contributed by atoms with Crippen LogP contribution in [0.5, 0.6) is 0 Å². The molecule has 0 aliphatic carbocycles. The molecule has 1 N–H and O–H groups in total. The molecular formula is C20H17Cl2N3O3S. The van der Waals surface area contributed by atoms with E-state index in [9.17, 15) is 14.9 Å². The number of rotatable bonds is 4. The summed E-state index contributed by atoms with van der Waals surface area (Å²) in [5.41, 5.74) is 1.85. The van der Waals surface area contributed by atoms with Crippen LogP contribution in [-0.4, -0.2) is 30.1 Å². The van der Waals surface area contributed by atoms with Gasteiger partial charge in [-0.15, -0.1) is 11.3 Å². The molecule has 0 unspecified atom stereocenters. The van der Waals surface area contributed by atoms with Gasteiger partial charge in [-0.2, -0.15) is 5.26 Å². The zero-order valence-electron chi connectivity index (χ0n) is 15.5. The third kappa shape index (κ3) is 4.73. The van der Waals surface area contributed by atoms with Gasteiger partial charge in [0.2, 0.25) is 5.91 Å². The van der Waals surface area contributed by atoms with Crippen molar-refractivity contribution >= 4 is 57.6 Å². The Morgan fingerprint density at radius 3 is 2.76 bits per heavy atom. The topological polar surface area (TPSA) is 82.4 Å². The van der Waals surface area contributed by atoms with E-state index in [2.05, 4.69) is 11.4 Å². The summed E-state index contributed by atoms with van der Waals surface area (Å²) >= 11 is 13.5. The van der Waals surface area contributed by atoms with Gasteiger partial charge in [-0.05, 0) is 37.1 Å². The maximum Gasteiger partial charge on any atom is 0.410 e.